The fourth-order valence-corrected chi connectivity index (χ4v) is 8.17. The average molecular weight is 1050 g/mol. The highest BCUT2D eigenvalue weighted by Crippen LogP contribution is 2.14. The molecule has 0 N–H and O–H groups in total. The fourth-order valence-electron chi connectivity index (χ4n) is 8.17. The van der Waals surface area contributed by atoms with Gasteiger partial charge in [-0.3, -0.25) is 14.4 Å². The topological polar surface area (TPSA) is 78.9 Å². The summed E-state index contributed by atoms with van der Waals surface area (Å²) in [6.07, 6.45) is 88.8. The van der Waals surface area contributed by atoms with Crippen LogP contribution in [0.4, 0.5) is 0 Å². The molecule has 0 aliphatic rings. The summed E-state index contributed by atoms with van der Waals surface area (Å²) < 4.78 is 16.8. The Bertz CT molecular complexity index is 1630. The second-order valence-corrected chi connectivity index (χ2v) is 20.2. The number of esters is 3. The Kier molecular flexibility index (Phi) is 59.4. The van der Waals surface area contributed by atoms with Crippen molar-refractivity contribution in [3.05, 3.63) is 134 Å². The number of allylic oxidation sites excluding steroid dienone is 22. The van der Waals surface area contributed by atoms with Gasteiger partial charge in [0.05, 0.1) is 0 Å². The van der Waals surface area contributed by atoms with Crippen molar-refractivity contribution in [2.75, 3.05) is 13.2 Å². The molecular formula is C70H114O6. The Hall–Kier alpha value is -4.45. The summed E-state index contributed by atoms with van der Waals surface area (Å²) in [5.74, 6) is -0.934. The number of carbonyl (C=O) groups is 3. The molecule has 76 heavy (non-hydrogen) atoms. The minimum absolute atomic E-state index is 0.0956. The van der Waals surface area contributed by atoms with Crippen molar-refractivity contribution in [3.63, 3.8) is 0 Å². The van der Waals surface area contributed by atoms with Gasteiger partial charge in [0.25, 0.3) is 0 Å². The van der Waals surface area contributed by atoms with Crippen LogP contribution in [0, 0.1) is 0 Å². The molecule has 6 nitrogen and oxygen atoms in total. The van der Waals surface area contributed by atoms with Crippen LogP contribution in [0.3, 0.4) is 0 Å². The molecule has 0 spiro atoms. The van der Waals surface area contributed by atoms with Gasteiger partial charge in [-0.1, -0.05) is 251 Å². The third-order valence-electron chi connectivity index (χ3n) is 12.9. The van der Waals surface area contributed by atoms with Crippen molar-refractivity contribution in [2.45, 2.75) is 277 Å². The van der Waals surface area contributed by atoms with E-state index in [1.807, 2.05) is 0 Å². The van der Waals surface area contributed by atoms with Crippen molar-refractivity contribution >= 4 is 17.9 Å². The van der Waals surface area contributed by atoms with Crippen molar-refractivity contribution in [2.24, 2.45) is 0 Å². The van der Waals surface area contributed by atoms with Crippen LogP contribution in [0.1, 0.15) is 271 Å². The quantitative estimate of drug-likeness (QED) is 0.0261. The number of unbranched alkanes of at least 4 members (excludes halogenated alkanes) is 22. The molecule has 6 heteroatoms. The smallest absolute Gasteiger partial charge is 0.306 e. The highest BCUT2D eigenvalue weighted by molar-refractivity contribution is 5.71. The van der Waals surface area contributed by atoms with Crippen molar-refractivity contribution < 1.29 is 28.6 Å². The maximum absolute atomic E-state index is 12.9. The van der Waals surface area contributed by atoms with E-state index in [1.165, 1.54) is 70.6 Å². The van der Waals surface area contributed by atoms with Gasteiger partial charge in [0.15, 0.2) is 6.10 Å². The van der Waals surface area contributed by atoms with E-state index in [1.54, 1.807) is 0 Å². The van der Waals surface area contributed by atoms with Crippen LogP contribution >= 0.6 is 0 Å². The van der Waals surface area contributed by atoms with Crippen LogP contribution in [0.5, 0.6) is 0 Å². The Balaban J connectivity index is 4.33. The molecule has 0 bridgehead atoms. The summed E-state index contributed by atoms with van der Waals surface area (Å²) in [7, 11) is 0. The highest BCUT2D eigenvalue weighted by Gasteiger charge is 2.19. The van der Waals surface area contributed by atoms with Gasteiger partial charge in [0, 0.05) is 19.3 Å². The predicted molar refractivity (Wildman–Crippen MR) is 329 cm³/mol. The van der Waals surface area contributed by atoms with Crippen LogP contribution in [0.15, 0.2) is 134 Å². The van der Waals surface area contributed by atoms with E-state index in [4.69, 9.17) is 14.2 Å². The van der Waals surface area contributed by atoms with E-state index in [0.717, 1.165) is 161 Å². The minimum atomic E-state index is -0.799. The van der Waals surface area contributed by atoms with Crippen LogP contribution < -0.4 is 0 Å². The lowest BCUT2D eigenvalue weighted by Gasteiger charge is -2.18. The highest BCUT2D eigenvalue weighted by atomic mass is 16.6. The molecule has 1 atom stereocenters. The first-order chi connectivity index (χ1) is 37.5. The second kappa shape index (κ2) is 63.1. The molecule has 0 rings (SSSR count). The van der Waals surface area contributed by atoms with Gasteiger partial charge in [0.2, 0.25) is 0 Å². The van der Waals surface area contributed by atoms with Crippen LogP contribution in [-0.4, -0.2) is 37.2 Å². The SMILES string of the molecule is CC/C=C\C/C=C\C/C=C\C/C=C\C/C=C\C/C=C\C/C=C\C/C=C\CCCCCCCCC(=O)OCC(COC(=O)CCCCCCC/C=C\CCCCCC)OC(=O)CCCCCCC/C=C\C/C=C\CCCC. The first-order valence-corrected chi connectivity index (χ1v) is 31.2. The van der Waals surface area contributed by atoms with Gasteiger partial charge in [-0.15, -0.1) is 0 Å². The first-order valence-electron chi connectivity index (χ1n) is 31.2. The molecule has 0 radical (unpaired) electrons. The molecular weight excluding hydrogens is 937 g/mol. The van der Waals surface area contributed by atoms with Gasteiger partial charge >= 0.3 is 17.9 Å². The molecule has 0 aliphatic heterocycles. The molecule has 0 saturated carbocycles. The van der Waals surface area contributed by atoms with Crippen LogP contribution in [-0.2, 0) is 28.6 Å². The number of carbonyl (C=O) groups excluding carboxylic acids is 3. The number of hydrogen-bond acceptors (Lipinski definition) is 6. The number of hydrogen-bond donors (Lipinski definition) is 0. The van der Waals surface area contributed by atoms with E-state index < -0.39 is 6.10 Å². The molecule has 0 fully saturated rings. The predicted octanol–water partition coefficient (Wildman–Crippen LogP) is 21.4. The Morgan fingerprint density at radius 2 is 0.526 bits per heavy atom. The minimum Gasteiger partial charge on any atom is -0.462 e. The third-order valence-corrected chi connectivity index (χ3v) is 12.9. The Morgan fingerprint density at radius 3 is 0.855 bits per heavy atom. The van der Waals surface area contributed by atoms with E-state index in [2.05, 4.69) is 154 Å². The monoisotopic (exact) mass is 1050 g/mol. The molecule has 0 saturated heterocycles. The van der Waals surface area contributed by atoms with Crippen molar-refractivity contribution in [1.29, 1.82) is 0 Å². The average Bonchev–Trinajstić information content (AvgIpc) is 3.42. The van der Waals surface area contributed by atoms with Crippen LogP contribution in [0.25, 0.3) is 0 Å². The van der Waals surface area contributed by atoms with Gasteiger partial charge < -0.3 is 14.2 Å². The number of rotatable bonds is 55. The second-order valence-electron chi connectivity index (χ2n) is 20.2. The Morgan fingerprint density at radius 1 is 0.276 bits per heavy atom. The third kappa shape index (κ3) is 60.4. The fraction of sp³-hybridized carbons (Fsp3) is 0.643. The molecule has 0 aromatic heterocycles. The molecule has 1 unspecified atom stereocenters. The van der Waals surface area contributed by atoms with Crippen LogP contribution in [0.2, 0.25) is 0 Å². The van der Waals surface area contributed by atoms with E-state index >= 15 is 0 Å². The molecule has 0 heterocycles. The molecule has 0 aromatic rings. The summed E-state index contributed by atoms with van der Waals surface area (Å²) in [6, 6.07) is 0. The zero-order chi connectivity index (χ0) is 55.0. The summed E-state index contributed by atoms with van der Waals surface area (Å²) >= 11 is 0. The van der Waals surface area contributed by atoms with Crippen molar-refractivity contribution in [3.8, 4) is 0 Å². The maximum Gasteiger partial charge on any atom is 0.306 e. The van der Waals surface area contributed by atoms with Gasteiger partial charge in [-0.25, -0.2) is 0 Å². The largest absolute Gasteiger partial charge is 0.462 e. The van der Waals surface area contributed by atoms with E-state index in [9.17, 15) is 14.4 Å². The molecule has 0 aromatic carbocycles. The van der Waals surface area contributed by atoms with Gasteiger partial charge in [-0.05, 0) is 135 Å². The molecule has 0 amide bonds. The normalized spacial score (nSPS) is 13.0. The van der Waals surface area contributed by atoms with Gasteiger partial charge in [0.1, 0.15) is 13.2 Å². The van der Waals surface area contributed by atoms with Crippen molar-refractivity contribution in [1.82, 2.24) is 0 Å². The van der Waals surface area contributed by atoms with E-state index in [0.29, 0.717) is 19.3 Å². The summed E-state index contributed by atoms with van der Waals surface area (Å²) in [5.41, 5.74) is 0. The van der Waals surface area contributed by atoms with E-state index in [-0.39, 0.29) is 31.1 Å². The molecule has 0 aliphatic carbocycles. The zero-order valence-electron chi connectivity index (χ0n) is 49.2. The molecule has 430 valence electrons. The number of ether oxygens (including phenoxy) is 3. The van der Waals surface area contributed by atoms with Gasteiger partial charge in [-0.2, -0.15) is 0 Å². The maximum atomic E-state index is 12.9. The standard InChI is InChI=1S/C70H114O6/c1-4-7-10-13-16-19-22-25-27-28-29-30-31-32-33-34-35-36-37-38-39-40-41-42-43-46-48-51-54-57-60-63-69(72)75-66-67(65-74-68(71)62-59-56-53-50-47-44-24-21-18-15-12-9-6-3)76-70(73)64-61-58-55-52-49-45-26-23-20-17-14-11-8-5-2/h7,10,14,16-17,19,21,23-27,29-30,32-33,35-36,38-39,41-42,67H,4-6,8-9,11-13,15,18,20,22,28,31,34,37,40,43-66H2,1-3H3/b10-7-,17-14-,19-16-,24-21-,26-23-,27-25-,30-29-,33-32-,36-35-,39-38-,42-41-. The summed E-state index contributed by atoms with van der Waals surface area (Å²) in [6.45, 7) is 6.44. The lowest BCUT2D eigenvalue weighted by Crippen LogP contribution is -2.30. The summed E-state index contributed by atoms with van der Waals surface area (Å²) in [5, 5.41) is 0. The lowest BCUT2D eigenvalue weighted by atomic mass is 10.1. The lowest BCUT2D eigenvalue weighted by molar-refractivity contribution is -0.167. The summed E-state index contributed by atoms with van der Waals surface area (Å²) in [4.78, 5) is 38.2. The first kappa shape index (κ1) is 71.5. The zero-order valence-corrected chi connectivity index (χ0v) is 49.2. The Labute approximate surface area is 468 Å².